The zero-order chi connectivity index (χ0) is 33.9. The number of anilines is 8. The first-order chi connectivity index (χ1) is 24.3. The molecule has 6 heterocycles. The van der Waals surface area contributed by atoms with Crippen molar-refractivity contribution in [3.05, 3.63) is 151 Å². The van der Waals surface area contributed by atoms with Crippen molar-refractivity contribution in [3.63, 3.8) is 0 Å². The quantitative estimate of drug-likeness (QED) is 0.183. The molecule has 4 unspecified atom stereocenters. The van der Waals surface area contributed by atoms with Gasteiger partial charge in [-0.15, -0.1) is 0 Å². The minimum atomic E-state index is -0.934. The Kier molecular flexibility index (Phi) is 5.73. The SMILES string of the molecule is C=C1c2ccccc2N2c3nccnc3N(c3ccccc3)C2C2(C)C3N(c4ccc(F)cc4)c4nccnc4N3c3ccc(F)cc3C12C. The van der Waals surface area contributed by atoms with Crippen LogP contribution in [-0.2, 0) is 5.41 Å². The molecule has 10 heteroatoms. The Bertz CT molecular complexity index is 2370. The molecule has 0 amide bonds. The summed E-state index contributed by atoms with van der Waals surface area (Å²) < 4.78 is 30.3. The van der Waals surface area contributed by atoms with Gasteiger partial charge in [0.15, 0.2) is 23.3 Å². The van der Waals surface area contributed by atoms with E-state index in [1.165, 1.54) is 18.2 Å². The summed E-state index contributed by atoms with van der Waals surface area (Å²) in [5.41, 5.74) is 4.07. The van der Waals surface area contributed by atoms with E-state index in [4.69, 9.17) is 26.5 Å². The van der Waals surface area contributed by atoms with E-state index in [2.05, 4.69) is 57.7 Å². The minimum Gasteiger partial charge on any atom is -0.301 e. The van der Waals surface area contributed by atoms with Crippen LogP contribution in [0, 0.1) is 17.0 Å². The van der Waals surface area contributed by atoms with Crippen molar-refractivity contribution < 1.29 is 8.78 Å². The molecule has 244 valence electrons. The maximum absolute atomic E-state index is 15.8. The highest BCUT2D eigenvalue weighted by molar-refractivity contribution is 5.97. The zero-order valence-electron chi connectivity index (χ0n) is 27.2. The number of para-hydroxylation sites is 2. The molecule has 8 nitrogen and oxygen atoms in total. The summed E-state index contributed by atoms with van der Waals surface area (Å²) in [5, 5.41) is 0. The number of hydrogen-bond donors (Lipinski definition) is 0. The van der Waals surface area contributed by atoms with E-state index in [-0.39, 0.29) is 11.6 Å². The molecule has 0 bridgehead atoms. The highest BCUT2D eigenvalue weighted by atomic mass is 19.1. The van der Waals surface area contributed by atoms with Crippen LogP contribution in [0.25, 0.3) is 5.57 Å². The van der Waals surface area contributed by atoms with Crippen molar-refractivity contribution in [2.24, 2.45) is 5.41 Å². The van der Waals surface area contributed by atoms with Crippen LogP contribution in [0.5, 0.6) is 0 Å². The number of benzene rings is 4. The van der Waals surface area contributed by atoms with Crippen molar-refractivity contribution in [2.75, 3.05) is 19.6 Å². The largest absolute Gasteiger partial charge is 0.301 e. The molecule has 0 fully saturated rings. The fraction of sp³-hybridized carbons (Fsp3) is 0.150. The molecule has 6 aromatic rings. The van der Waals surface area contributed by atoms with Crippen LogP contribution in [-0.4, -0.2) is 32.3 Å². The Hall–Kier alpha value is -6.16. The van der Waals surface area contributed by atoms with Crippen LogP contribution in [0.4, 0.5) is 54.8 Å². The van der Waals surface area contributed by atoms with Gasteiger partial charge in [0.2, 0.25) is 0 Å². The summed E-state index contributed by atoms with van der Waals surface area (Å²) in [5.74, 6) is 1.94. The van der Waals surface area contributed by atoms with Crippen LogP contribution in [0.3, 0.4) is 0 Å². The van der Waals surface area contributed by atoms with E-state index < -0.39 is 23.2 Å². The normalized spacial score (nSPS) is 24.0. The molecule has 0 saturated heterocycles. The Labute approximate surface area is 287 Å². The standard InChI is InChI=1S/C40H30F2N8/c1-24-29-11-7-8-12-31(29)49-35-33(43-19-21-45-35)47(27-9-5-4-6-10-27)37(49)40(3)38-48(28-16-13-25(41)14-17-28)34-36(46-22-20-44-34)50(38)32-18-15-26(42)23-30(32)39(24,40)2/h4-23,37-38H,1H2,2-3H3. The second-order valence-corrected chi connectivity index (χ2v) is 13.5. The topological polar surface area (TPSA) is 64.5 Å². The first kappa shape index (κ1) is 28.8. The molecular weight excluding hydrogens is 630 g/mol. The number of halogens is 2. The van der Waals surface area contributed by atoms with Crippen LogP contribution in [0.2, 0.25) is 0 Å². The third kappa shape index (κ3) is 3.42. The molecule has 0 N–H and O–H groups in total. The monoisotopic (exact) mass is 660 g/mol. The van der Waals surface area contributed by atoms with E-state index in [1.807, 2.05) is 36.4 Å². The predicted octanol–water partition coefficient (Wildman–Crippen LogP) is 8.78. The van der Waals surface area contributed by atoms with E-state index >= 15 is 4.39 Å². The zero-order valence-corrected chi connectivity index (χ0v) is 27.2. The smallest absolute Gasteiger partial charge is 0.178 e. The molecule has 0 spiro atoms. The van der Waals surface area contributed by atoms with Crippen LogP contribution >= 0.6 is 0 Å². The average Bonchev–Trinajstić information content (AvgIpc) is 3.67. The molecule has 4 atom stereocenters. The second-order valence-electron chi connectivity index (χ2n) is 13.5. The number of allylic oxidation sites excluding steroid dienone is 1. The van der Waals surface area contributed by atoms with Crippen molar-refractivity contribution in [2.45, 2.75) is 31.6 Å². The van der Waals surface area contributed by atoms with Gasteiger partial charge in [-0.3, -0.25) is 0 Å². The molecule has 4 aliphatic heterocycles. The number of hydrogen-bond acceptors (Lipinski definition) is 8. The van der Waals surface area contributed by atoms with Crippen molar-refractivity contribution >= 4 is 51.6 Å². The van der Waals surface area contributed by atoms with Crippen LogP contribution in [0.15, 0.2) is 128 Å². The number of nitrogens with zero attached hydrogens (tertiary/aromatic N) is 8. The third-order valence-electron chi connectivity index (χ3n) is 11.3. The van der Waals surface area contributed by atoms with Gasteiger partial charge in [0, 0.05) is 52.8 Å². The van der Waals surface area contributed by atoms with E-state index in [0.717, 1.165) is 39.4 Å². The lowest BCUT2D eigenvalue weighted by atomic mass is 9.52. The number of rotatable bonds is 2. The molecule has 0 radical (unpaired) electrons. The summed E-state index contributed by atoms with van der Waals surface area (Å²) in [4.78, 5) is 28.6. The molecule has 4 aliphatic rings. The summed E-state index contributed by atoms with van der Waals surface area (Å²) in [6.45, 7) is 9.31. The second kappa shape index (κ2) is 9.94. The van der Waals surface area contributed by atoms with Gasteiger partial charge in [0.1, 0.15) is 24.0 Å². The molecular formula is C40H30F2N8. The summed E-state index contributed by atoms with van der Waals surface area (Å²) >= 11 is 0. The molecule has 4 aromatic carbocycles. The molecule has 50 heavy (non-hydrogen) atoms. The van der Waals surface area contributed by atoms with Gasteiger partial charge < -0.3 is 19.6 Å². The van der Waals surface area contributed by atoms with Crippen LogP contribution in [0.1, 0.15) is 25.0 Å². The number of aromatic nitrogens is 4. The van der Waals surface area contributed by atoms with E-state index in [0.29, 0.717) is 23.3 Å². The Balaban J connectivity index is 1.38. The van der Waals surface area contributed by atoms with Crippen molar-refractivity contribution in [1.82, 2.24) is 19.9 Å². The fourth-order valence-electron chi connectivity index (χ4n) is 9.06. The summed E-state index contributed by atoms with van der Waals surface area (Å²) in [6.07, 6.45) is 5.74. The van der Waals surface area contributed by atoms with Crippen molar-refractivity contribution in [1.29, 1.82) is 0 Å². The Morgan fingerprint density at radius 2 is 1.06 bits per heavy atom. The van der Waals surface area contributed by atoms with Gasteiger partial charge in [-0.1, -0.05) is 56.8 Å². The lowest BCUT2D eigenvalue weighted by molar-refractivity contribution is 0.119. The van der Waals surface area contributed by atoms with E-state index in [1.54, 1.807) is 43.0 Å². The predicted molar refractivity (Wildman–Crippen MR) is 190 cm³/mol. The summed E-state index contributed by atoms with van der Waals surface area (Å²) in [6, 6.07) is 29.8. The van der Waals surface area contributed by atoms with Gasteiger partial charge >= 0.3 is 0 Å². The van der Waals surface area contributed by atoms with Gasteiger partial charge in [0.25, 0.3) is 0 Å². The Morgan fingerprint density at radius 1 is 0.560 bits per heavy atom. The highest BCUT2D eigenvalue weighted by Crippen LogP contribution is 2.70. The maximum Gasteiger partial charge on any atom is 0.178 e. The lowest BCUT2D eigenvalue weighted by Gasteiger charge is -2.62. The molecule has 2 aromatic heterocycles. The van der Waals surface area contributed by atoms with Gasteiger partial charge in [-0.05, 0) is 71.8 Å². The van der Waals surface area contributed by atoms with Crippen LogP contribution < -0.4 is 19.6 Å². The van der Waals surface area contributed by atoms with Gasteiger partial charge in [0.05, 0.1) is 11.1 Å². The van der Waals surface area contributed by atoms with Gasteiger partial charge in [-0.2, -0.15) is 0 Å². The lowest BCUT2D eigenvalue weighted by Crippen LogP contribution is -2.70. The highest BCUT2D eigenvalue weighted by Gasteiger charge is 2.71. The molecule has 0 saturated carbocycles. The first-order valence-corrected chi connectivity index (χ1v) is 16.5. The fourth-order valence-corrected chi connectivity index (χ4v) is 9.06. The minimum absolute atomic E-state index is 0.340. The number of fused-ring (bicyclic) bond motifs is 14. The third-order valence-corrected chi connectivity index (χ3v) is 11.3. The van der Waals surface area contributed by atoms with Gasteiger partial charge in [-0.25, -0.2) is 28.7 Å². The van der Waals surface area contributed by atoms with E-state index in [9.17, 15) is 4.39 Å². The molecule has 10 rings (SSSR count). The van der Waals surface area contributed by atoms with Crippen molar-refractivity contribution in [3.8, 4) is 0 Å². The Morgan fingerprint density at radius 3 is 1.68 bits per heavy atom. The average molecular weight is 661 g/mol. The summed E-state index contributed by atoms with van der Waals surface area (Å²) in [7, 11) is 0. The first-order valence-electron chi connectivity index (χ1n) is 16.5. The molecule has 0 aliphatic carbocycles. The maximum atomic E-state index is 15.8.